The molecular formula is C42H79NO4. The van der Waals surface area contributed by atoms with Gasteiger partial charge in [0.05, 0.1) is 18.8 Å². The number of carbonyl (C=O) groups excluding carboxylic acids is 1. The summed E-state index contributed by atoms with van der Waals surface area (Å²) >= 11 is 0. The Morgan fingerprint density at radius 1 is 0.511 bits per heavy atom. The molecule has 0 aromatic heterocycles. The Bertz CT molecular complexity index is 734. The van der Waals surface area contributed by atoms with Crippen LogP contribution >= 0.6 is 0 Å². The van der Waals surface area contributed by atoms with Gasteiger partial charge in [0, 0.05) is 0 Å². The normalized spacial score (nSPS) is 14.1. The molecule has 0 aliphatic heterocycles. The van der Waals surface area contributed by atoms with Gasteiger partial charge in [-0.25, -0.2) is 0 Å². The van der Waals surface area contributed by atoms with Gasteiger partial charge in [-0.05, 0) is 44.9 Å². The Hall–Kier alpha value is -1.43. The Balaban J connectivity index is 3.70. The number of hydrogen-bond donors (Lipinski definition) is 4. The van der Waals surface area contributed by atoms with E-state index in [1.54, 1.807) is 6.08 Å². The van der Waals surface area contributed by atoms with Gasteiger partial charge < -0.3 is 20.6 Å². The minimum absolute atomic E-state index is 0.380. The second-order valence-corrected chi connectivity index (χ2v) is 13.8. The molecule has 0 aromatic rings. The summed E-state index contributed by atoms with van der Waals surface area (Å²) in [6.07, 6.45) is 46.2. The summed E-state index contributed by atoms with van der Waals surface area (Å²) < 4.78 is 0. The molecule has 0 aromatic carbocycles. The quantitative estimate of drug-likeness (QED) is 0.0397. The van der Waals surface area contributed by atoms with Crippen LogP contribution in [0.5, 0.6) is 0 Å². The lowest BCUT2D eigenvalue weighted by molar-refractivity contribution is -0.131. The number of carbonyl (C=O) groups is 1. The zero-order chi connectivity index (χ0) is 34.5. The van der Waals surface area contributed by atoms with E-state index >= 15 is 0 Å². The molecule has 1 amide bonds. The van der Waals surface area contributed by atoms with Crippen LogP contribution in [0.2, 0.25) is 0 Å². The van der Waals surface area contributed by atoms with Crippen molar-refractivity contribution < 1.29 is 20.1 Å². The van der Waals surface area contributed by atoms with Crippen LogP contribution in [0, 0.1) is 0 Å². The molecule has 0 radical (unpaired) electrons. The summed E-state index contributed by atoms with van der Waals surface area (Å²) in [5, 5.41) is 32.8. The number of nitrogens with one attached hydrogen (secondary N) is 1. The molecule has 0 saturated heterocycles. The third-order valence-corrected chi connectivity index (χ3v) is 9.21. The maximum atomic E-state index is 12.3. The largest absolute Gasteiger partial charge is 0.394 e. The van der Waals surface area contributed by atoms with Crippen molar-refractivity contribution in [1.29, 1.82) is 0 Å². The lowest BCUT2D eigenvalue weighted by atomic mass is 10.0. The number of hydrogen-bond acceptors (Lipinski definition) is 4. The highest BCUT2D eigenvalue weighted by atomic mass is 16.3. The van der Waals surface area contributed by atoms with Crippen LogP contribution in [0.4, 0.5) is 0 Å². The minimum Gasteiger partial charge on any atom is -0.394 e. The summed E-state index contributed by atoms with van der Waals surface area (Å²) in [5.74, 6) is -0.522. The maximum Gasteiger partial charge on any atom is 0.249 e. The van der Waals surface area contributed by atoms with Gasteiger partial charge in [-0.3, -0.25) is 4.79 Å². The van der Waals surface area contributed by atoms with Gasteiger partial charge in [-0.15, -0.1) is 0 Å². The van der Waals surface area contributed by atoms with Crippen molar-refractivity contribution in [2.45, 2.75) is 218 Å². The molecule has 0 saturated carbocycles. The minimum atomic E-state index is -1.10. The first-order chi connectivity index (χ1) is 23.1. The number of allylic oxidation sites excluding steroid dienone is 5. The van der Waals surface area contributed by atoms with Crippen molar-refractivity contribution in [3.63, 3.8) is 0 Å². The molecule has 3 unspecified atom stereocenters. The number of aliphatic hydroxyl groups excluding tert-OH is 3. The molecule has 0 heterocycles. The smallest absolute Gasteiger partial charge is 0.249 e. The highest BCUT2D eigenvalue weighted by Crippen LogP contribution is 2.14. The van der Waals surface area contributed by atoms with Crippen LogP contribution < -0.4 is 5.32 Å². The molecule has 0 fully saturated rings. The number of aliphatic hydroxyl groups is 3. The van der Waals surface area contributed by atoms with Crippen LogP contribution in [0.25, 0.3) is 0 Å². The van der Waals surface area contributed by atoms with E-state index in [-0.39, 0.29) is 6.61 Å². The van der Waals surface area contributed by atoms with Crippen LogP contribution in [0.15, 0.2) is 36.5 Å². The second kappa shape index (κ2) is 37.4. The van der Waals surface area contributed by atoms with Crippen molar-refractivity contribution >= 4 is 5.91 Å². The molecule has 0 rings (SSSR count). The molecule has 0 aliphatic rings. The van der Waals surface area contributed by atoms with Crippen molar-refractivity contribution in [2.75, 3.05) is 6.61 Å². The van der Waals surface area contributed by atoms with Gasteiger partial charge in [0.15, 0.2) is 0 Å². The fourth-order valence-electron chi connectivity index (χ4n) is 5.98. The Labute approximate surface area is 292 Å². The topological polar surface area (TPSA) is 89.8 Å². The van der Waals surface area contributed by atoms with Gasteiger partial charge >= 0.3 is 0 Å². The number of unbranched alkanes of at least 4 members (excludes halogenated alkanes) is 24. The maximum absolute atomic E-state index is 12.3. The third-order valence-electron chi connectivity index (χ3n) is 9.21. The summed E-state index contributed by atoms with van der Waals surface area (Å²) in [6.45, 7) is 4.12. The van der Waals surface area contributed by atoms with E-state index in [9.17, 15) is 20.1 Å². The Morgan fingerprint density at radius 2 is 0.872 bits per heavy atom. The molecule has 276 valence electrons. The predicted octanol–water partition coefficient (Wildman–Crippen LogP) is 11.2. The third kappa shape index (κ3) is 32.9. The van der Waals surface area contributed by atoms with Crippen molar-refractivity contribution in [3.05, 3.63) is 36.5 Å². The summed E-state index contributed by atoms with van der Waals surface area (Å²) in [5.41, 5.74) is 0. The second-order valence-electron chi connectivity index (χ2n) is 13.8. The first-order valence-corrected chi connectivity index (χ1v) is 20.3. The van der Waals surface area contributed by atoms with E-state index in [1.165, 1.54) is 135 Å². The Kier molecular flexibility index (Phi) is 36.3. The number of rotatable bonds is 36. The molecular weight excluding hydrogens is 582 g/mol. The van der Waals surface area contributed by atoms with Gasteiger partial charge in [0.25, 0.3) is 0 Å². The lowest BCUT2D eigenvalue weighted by Crippen LogP contribution is -2.48. The standard InChI is InChI=1S/C42H79NO4/c1-3-5-7-9-11-13-14-15-16-17-18-19-20-21-22-23-24-25-26-27-28-29-31-32-34-36-40(45)39(38-44)43-42(47)41(46)37-35-33-30-12-10-8-6-4-2/h24-25,28-29,34,36,39-41,44-46H,3-23,26-27,30-33,35,37-38H2,1-2H3,(H,43,47)/b25-24+,29-28+,36-34+. The molecule has 47 heavy (non-hydrogen) atoms. The van der Waals surface area contributed by atoms with Gasteiger partial charge in [0.2, 0.25) is 5.91 Å². The van der Waals surface area contributed by atoms with E-state index < -0.39 is 24.2 Å². The fraction of sp³-hybridized carbons (Fsp3) is 0.833. The van der Waals surface area contributed by atoms with Gasteiger partial charge in [0.1, 0.15) is 6.10 Å². The van der Waals surface area contributed by atoms with Gasteiger partial charge in [-0.1, -0.05) is 192 Å². The van der Waals surface area contributed by atoms with E-state index in [0.29, 0.717) is 6.42 Å². The molecule has 4 N–H and O–H groups in total. The van der Waals surface area contributed by atoms with Crippen molar-refractivity contribution in [2.24, 2.45) is 0 Å². The monoisotopic (exact) mass is 662 g/mol. The summed E-state index contributed by atoms with van der Waals surface area (Å²) in [7, 11) is 0. The predicted molar refractivity (Wildman–Crippen MR) is 204 cm³/mol. The highest BCUT2D eigenvalue weighted by molar-refractivity contribution is 5.80. The highest BCUT2D eigenvalue weighted by Gasteiger charge is 2.22. The van der Waals surface area contributed by atoms with Gasteiger partial charge in [-0.2, -0.15) is 0 Å². The zero-order valence-corrected chi connectivity index (χ0v) is 31.2. The Morgan fingerprint density at radius 3 is 1.30 bits per heavy atom. The van der Waals surface area contributed by atoms with Crippen LogP contribution in [0.1, 0.15) is 200 Å². The molecule has 0 aliphatic carbocycles. The first kappa shape index (κ1) is 45.6. The van der Waals surface area contributed by atoms with E-state index in [4.69, 9.17) is 0 Å². The first-order valence-electron chi connectivity index (χ1n) is 20.3. The van der Waals surface area contributed by atoms with Crippen LogP contribution in [0.3, 0.4) is 0 Å². The molecule has 5 heteroatoms. The van der Waals surface area contributed by atoms with Crippen molar-refractivity contribution in [1.82, 2.24) is 5.32 Å². The van der Waals surface area contributed by atoms with E-state index in [2.05, 4.69) is 43.5 Å². The van der Waals surface area contributed by atoms with Crippen molar-refractivity contribution in [3.8, 4) is 0 Å². The number of amides is 1. The van der Waals surface area contributed by atoms with E-state index in [0.717, 1.165) is 44.9 Å². The van der Waals surface area contributed by atoms with Crippen LogP contribution in [-0.4, -0.2) is 46.1 Å². The average molecular weight is 662 g/mol. The van der Waals surface area contributed by atoms with E-state index in [1.807, 2.05) is 6.08 Å². The zero-order valence-electron chi connectivity index (χ0n) is 31.2. The average Bonchev–Trinajstić information content (AvgIpc) is 3.07. The summed E-state index contributed by atoms with van der Waals surface area (Å²) in [4.78, 5) is 12.3. The summed E-state index contributed by atoms with van der Waals surface area (Å²) in [6, 6.07) is -0.816. The van der Waals surface area contributed by atoms with Crippen LogP contribution in [-0.2, 0) is 4.79 Å². The molecule has 3 atom stereocenters. The fourth-order valence-corrected chi connectivity index (χ4v) is 5.98. The molecule has 0 bridgehead atoms. The molecule has 0 spiro atoms. The molecule has 5 nitrogen and oxygen atoms in total. The lowest BCUT2D eigenvalue weighted by Gasteiger charge is -2.21. The SMILES string of the molecule is CCCCCCCCCCCCCCCCC/C=C/CC/C=C/CC/C=C/C(O)C(CO)NC(=O)C(O)CCCCCCCCCC.